The highest BCUT2D eigenvalue weighted by molar-refractivity contribution is 6.60. The van der Waals surface area contributed by atoms with E-state index in [0.717, 1.165) is 16.5 Å². The molecule has 2 aromatic carbocycles. The molecule has 0 fully saturated rings. The summed E-state index contributed by atoms with van der Waals surface area (Å²) >= 11 is 0. The molecule has 2 aromatic rings. The third-order valence-corrected chi connectivity index (χ3v) is 2.69. The van der Waals surface area contributed by atoms with Gasteiger partial charge in [-0.05, 0) is 17.5 Å². The molecule has 4 nitrogen and oxygen atoms in total. The second kappa shape index (κ2) is 4.65. The van der Waals surface area contributed by atoms with Crippen molar-refractivity contribution in [3.8, 4) is 11.5 Å². The summed E-state index contributed by atoms with van der Waals surface area (Å²) < 4.78 is 10.4. The van der Waals surface area contributed by atoms with Gasteiger partial charge in [-0.15, -0.1) is 0 Å². The lowest BCUT2D eigenvalue weighted by Crippen LogP contribution is -2.31. The van der Waals surface area contributed by atoms with Gasteiger partial charge in [-0.1, -0.05) is 18.2 Å². The van der Waals surface area contributed by atoms with E-state index in [-0.39, 0.29) is 0 Å². The van der Waals surface area contributed by atoms with Crippen molar-refractivity contribution in [3.05, 3.63) is 30.3 Å². The third kappa shape index (κ3) is 2.07. The average Bonchev–Trinajstić information content (AvgIpc) is 2.36. The average molecular weight is 232 g/mol. The van der Waals surface area contributed by atoms with E-state index in [2.05, 4.69) is 0 Å². The molecule has 0 heterocycles. The number of rotatable bonds is 3. The first-order chi connectivity index (χ1) is 8.17. The second-order valence-electron chi connectivity index (χ2n) is 3.65. The summed E-state index contributed by atoms with van der Waals surface area (Å²) in [7, 11) is 1.53. The zero-order valence-electron chi connectivity index (χ0n) is 9.68. The van der Waals surface area contributed by atoms with E-state index >= 15 is 0 Å². The predicted octanol–water partition coefficient (Wildman–Crippen LogP) is 0.537. The fourth-order valence-corrected chi connectivity index (χ4v) is 1.85. The Balaban J connectivity index is 2.73. The molecule has 0 amide bonds. The molecule has 0 saturated heterocycles. The van der Waals surface area contributed by atoms with Crippen LogP contribution >= 0.6 is 0 Å². The lowest BCUT2D eigenvalue weighted by Gasteiger charge is -2.11. The van der Waals surface area contributed by atoms with E-state index in [4.69, 9.17) is 9.47 Å². The quantitative estimate of drug-likeness (QED) is 0.758. The van der Waals surface area contributed by atoms with Crippen LogP contribution in [0.25, 0.3) is 10.8 Å². The van der Waals surface area contributed by atoms with E-state index in [9.17, 15) is 10.0 Å². The summed E-state index contributed by atoms with van der Waals surface area (Å²) in [6, 6.07) is 8.99. The molecule has 0 aromatic heterocycles. The van der Waals surface area contributed by atoms with Crippen molar-refractivity contribution in [2.75, 3.05) is 14.2 Å². The fourth-order valence-electron chi connectivity index (χ4n) is 1.85. The molecule has 0 spiro atoms. The van der Waals surface area contributed by atoms with Gasteiger partial charge in [0.1, 0.15) is 11.5 Å². The van der Waals surface area contributed by atoms with Crippen LogP contribution in [0.15, 0.2) is 30.3 Å². The van der Waals surface area contributed by atoms with Crippen molar-refractivity contribution in [2.45, 2.75) is 0 Å². The molecule has 88 valence electrons. The van der Waals surface area contributed by atoms with Crippen LogP contribution in [-0.4, -0.2) is 31.4 Å². The van der Waals surface area contributed by atoms with Gasteiger partial charge in [0, 0.05) is 10.8 Å². The minimum atomic E-state index is -1.56. The Labute approximate surface area is 99.6 Å². The Kier molecular flexibility index (Phi) is 3.22. The van der Waals surface area contributed by atoms with Crippen molar-refractivity contribution in [2.24, 2.45) is 0 Å². The van der Waals surface area contributed by atoms with Gasteiger partial charge in [-0.2, -0.15) is 0 Å². The van der Waals surface area contributed by atoms with Crippen molar-refractivity contribution in [3.63, 3.8) is 0 Å². The van der Waals surface area contributed by atoms with Crippen LogP contribution in [0.3, 0.4) is 0 Å². The number of fused-ring (bicyclic) bond motifs is 1. The van der Waals surface area contributed by atoms with Crippen LogP contribution in [0, 0.1) is 0 Å². The Morgan fingerprint density at radius 1 is 1.00 bits per heavy atom. The van der Waals surface area contributed by atoms with E-state index in [1.54, 1.807) is 19.2 Å². The van der Waals surface area contributed by atoms with Crippen LogP contribution in [0.5, 0.6) is 11.5 Å². The van der Waals surface area contributed by atoms with Crippen LogP contribution in [0.2, 0.25) is 0 Å². The lowest BCUT2D eigenvalue weighted by atomic mass is 9.78. The molecule has 0 unspecified atom stereocenters. The minimum Gasteiger partial charge on any atom is -0.497 e. The smallest absolute Gasteiger partial charge is 0.492 e. The van der Waals surface area contributed by atoms with Crippen LogP contribution < -0.4 is 14.9 Å². The number of methoxy groups -OCH3 is 2. The number of benzene rings is 2. The number of hydrogen-bond acceptors (Lipinski definition) is 4. The van der Waals surface area contributed by atoms with Gasteiger partial charge < -0.3 is 19.5 Å². The summed E-state index contributed by atoms with van der Waals surface area (Å²) in [5, 5.41) is 20.3. The SMILES string of the molecule is COc1cc2c(OC)cccc2cc1B(O)O. The summed E-state index contributed by atoms with van der Waals surface area (Å²) in [5.41, 5.74) is 0.341. The molecule has 0 saturated carbocycles. The summed E-state index contributed by atoms with van der Waals surface area (Å²) in [5.74, 6) is 1.15. The van der Waals surface area contributed by atoms with Gasteiger partial charge in [-0.3, -0.25) is 0 Å². The van der Waals surface area contributed by atoms with Gasteiger partial charge in [-0.25, -0.2) is 0 Å². The Morgan fingerprint density at radius 2 is 1.71 bits per heavy atom. The van der Waals surface area contributed by atoms with Crippen LogP contribution in [0.1, 0.15) is 0 Å². The van der Waals surface area contributed by atoms with Gasteiger partial charge in [0.2, 0.25) is 0 Å². The molecule has 2 rings (SSSR count). The zero-order chi connectivity index (χ0) is 12.4. The largest absolute Gasteiger partial charge is 0.497 e. The van der Waals surface area contributed by atoms with Crippen molar-refractivity contribution in [1.29, 1.82) is 0 Å². The van der Waals surface area contributed by atoms with Crippen molar-refractivity contribution in [1.82, 2.24) is 0 Å². The third-order valence-electron chi connectivity index (χ3n) is 2.69. The number of ether oxygens (including phenoxy) is 2. The summed E-state index contributed by atoms with van der Waals surface area (Å²) in [6.45, 7) is 0. The lowest BCUT2D eigenvalue weighted by molar-refractivity contribution is 0.402. The molecule has 17 heavy (non-hydrogen) atoms. The topological polar surface area (TPSA) is 58.9 Å². The van der Waals surface area contributed by atoms with E-state index in [1.165, 1.54) is 7.11 Å². The molecule has 0 radical (unpaired) electrons. The molecular weight excluding hydrogens is 219 g/mol. The van der Waals surface area contributed by atoms with E-state index < -0.39 is 7.12 Å². The van der Waals surface area contributed by atoms with Crippen LogP contribution in [0.4, 0.5) is 0 Å². The Hall–Kier alpha value is -1.72. The molecule has 0 atom stereocenters. The summed E-state index contributed by atoms with van der Waals surface area (Å²) in [4.78, 5) is 0. The molecular formula is C12H13BO4. The molecule has 2 N–H and O–H groups in total. The van der Waals surface area contributed by atoms with E-state index in [1.807, 2.05) is 18.2 Å². The molecule has 0 aliphatic carbocycles. The zero-order valence-corrected chi connectivity index (χ0v) is 9.68. The Morgan fingerprint density at radius 3 is 2.29 bits per heavy atom. The van der Waals surface area contributed by atoms with Crippen LogP contribution in [-0.2, 0) is 0 Å². The van der Waals surface area contributed by atoms with Gasteiger partial charge >= 0.3 is 7.12 Å². The van der Waals surface area contributed by atoms with Gasteiger partial charge in [0.15, 0.2) is 0 Å². The van der Waals surface area contributed by atoms with Gasteiger partial charge in [0.05, 0.1) is 14.2 Å². The second-order valence-corrected chi connectivity index (χ2v) is 3.65. The number of hydrogen-bond donors (Lipinski definition) is 2. The Bertz CT molecular complexity index is 539. The van der Waals surface area contributed by atoms with Crippen molar-refractivity contribution >= 4 is 23.4 Å². The van der Waals surface area contributed by atoms with E-state index in [0.29, 0.717) is 11.2 Å². The highest BCUT2D eigenvalue weighted by Gasteiger charge is 2.18. The monoisotopic (exact) mass is 232 g/mol. The molecule has 0 aliphatic rings. The molecule has 0 bridgehead atoms. The summed E-state index contributed by atoms with van der Waals surface area (Å²) in [6.07, 6.45) is 0. The first-order valence-corrected chi connectivity index (χ1v) is 5.18. The molecule has 0 aliphatic heterocycles. The van der Waals surface area contributed by atoms with Crippen molar-refractivity contribution < 1.29 is 19.5 Å². The standard InChI is InChI=1S/C12H13BO4/c1-16-11-5-3-4-8-6-10(13(14)15)12(17-2)7-9(8)11/h3-7,14-15H,1-2H3. The van der Waals surface area contributed by atoms with Gasteiger partial charge in [0.25, 0.3) is 0 Å². The minimum absolute atomic E-state index is 0.341. The highest BCUT2D eigenvalue weighted by Crippen LogP contribution is 2.27. The first-order valence-electron chi connectivity index (χ1n) is 5.18. The first kappa shape index (κ1) is 11.8. The predicted molar refractivity (Wildman–Crippen MR) is 66.9 cm³/mol. The fraction of sp³-hybridized carbons (Fsp3) is 0.167. The maximum atomic E-state index is 9.27. The molecule has 5 heteroatoms. The highest BCUT2D eigenvalue weighted by atomic mass is 16.5. The normalized spacial score (nSPS) is 10.4. The maximum absolute atomic E-state index is 9.27. The maximum Gasteiger partial charge on any atom is 0.492 e.